The molecule has 2 atom stereocenters. The first-order chi connectivity index (χ1) is 18.4. The molecule has 10 heteroatoms. The fraction of sp³-hybridized carbons (Fsp3) is 0.310. The van der Waals surface area contributed by atoms with Gasteiger partial charge in [0.25, 0.3) is 10.0 Å². The SMILES string of the molecule is CC[C@@H](C)NC(=O)[C@H](C)N(Cc1ccc(C)cc1)C(=O)CN(c1ccc(F)c(Cl)c1)S(=O)(=O)c1ccccc1. The largest absolute Gasteiger partial charge is 0.352 e. The molecule has 3 rings (SSSR count). The Kier molecular flexibility index (Phi) is 10.1. The molecule has 0 unspecified atom stereocenters. The van der Waals surface area contributed by atoms with Crippen LogP contribution in [0.2, 0.25) is 5.02 Å². The maximum absolute atomic E-state index is 14.0. The van der Waals surface area contributed by atoms with Crippen LogP contribution in [0.4, 0.5) is 10.1 Å². The highest BCUT2D eigenvalue weighted by molar-refractivity contribution is 7.92. The number of hydrogen-bond acceptors (Lipinski definition) is 4. The Balaban J connectivity index is 2.03. The van der Waals surface area contributed by atoms with Gasteiger partial charge in [0.15, 0.2) is 0 Å². The Bertz CT molecular complexity index is 1400. The standard InChI is InChI=1S/C29H33ClFN3O4S/c1-5-21(3)32-29(36)22(4)33(18-23-13-11-20(2)12-14-23)28(35)19-34(24-15-16-27(31)26(30)17-24)39(37,38)25-9-7-6-8-10-25/h6-17,21-22H,5,18-19H2,1-4H3,(H,32,36)/t21-,22+/m1/s1. The van der Waals surface area contributed by atoms with Crippen LogP contribution in [0, 0.1) is 12.7 Å². The topological polar surface area (TPSA) is 86.8 Å². The van der Waals surface area contributed by atoms with Crippen LogP contribution in [0.25, 0.3) is 0 Å². The first-order valence-electron chi connectivity index (χ1n) is 12.6. The van der Waals surface area contributed by atoms with Gasteiger partial charge >= 0.3 is 0 Å². The van der Waals surface area contributed by atoms with E-state index in [1.54, 1.807) is 25.1 Å². The number of anilines is 1. The van der Waals surface area contributed by atoms with E-state index in [0.29, 0.717) is 6.42 Å². The fourth-order valence-electron chi connectivity index (χ4n) is 3.83. The van der Waals surface area contributed by atoms with E-state index in [2.05, 4.69) is 5.32 Å². The second-order valence-corrected chi connectivity index (χ2v) is 11.7. The van der Waals surface area contributed by atoms with Crippen LogP contribution in [-0.4, -0.2) is 43.8 Å². The second-order valence-electron chi connectivity index (χ2n) is 9.42. The zero-order chi connectivity index (χ0) is 28.7. The van der Waals surface area contributed by atoms with Gasteiger partial charge in [0, 0.05) is 12.6 Å². The van der Waals surface area contributed by atoms with E-state index < -0.39 is 34.3 Å². The molecule has 0 heterocycles. The van der Waals surface area contributed by atoms with Crippen molar-refractivity contribution in [1.29, 1.82) is 0 Å². The first kappa shape index (κ1) is 30.1. The molecule has 208 valence electrons. The summed E-state index contributed by atoms with van der Waals surface area (Å²) in [5, 5.41) is 2.60. The molecule has 0 aliphatic carbocycles. The van der Waals surface area contributed by atoms with E-state index in [1.165, 1.54) is 23.1 Å². The number of sulfonamides is 1. The van der Waals surface area contributed by atoms with E-state index in [4.69, 9.17) is 11.6 Å². The molecule has 3 aromatic carbocycles. The number of carbonyl (C=O) groups is 2. The van der Waals surface area contributed by atoms with Gasteiger partial charge in [-0.2, -0.15) is 0 Å². The van der Waals surface area contributed by atoms with E-state index in [1.807, 2.05) is 45.0 Å². The highest BCUT2D eigenvalue weighted by Gasteiger charge is 2.33. The minimum atomic E-state index is -4.26. The lowest BCUT2D eigenvalue weighted by Crippen LogP contribution is -2.52. The molecule has 7 nitrogen and oxygen atoms in total. The predicted octanol–water partition coefficient (Wildman–Crippen LogP) is 5.31. The lowest BCUT2D eigenvalue weighted by molar-refractivity contribution is -0.139. The summed E-state index contributed by atoms with van der Waals surface area (Å²) in [6.07, 6.45) is 0.707. The summed E-state index contributed by atoms with van der Waals surface area (Å²) >= 11 is 5.98. The van der Waals surface area contributed by atoms with E-state index in [9.17, 15) is 22.4 Å². The number of halogens is 2. The number of benzene rings is 3. The van der Waals surface area contributed by atoms with Crippen molar-refractivity contribution in [2.75, 3.05) is 10.8 Å². The lowest BCUT2D eigenvalue weighted by Gasteiger charge is -2.32. The van der Waals surface area contributed by atoms with Gasteiger partial charge in [-0.05, 0) is 63.1 Å². The van der Waals surface area contributed by atoms with Crippen molar-refractivity contribution in [3.63, 3.8) is 0 Å². The molecule has 0 aliphatic heterocycles. The maximum atomic E-state index is 14.0. The average Bonchev–Trinajstić information content (AvgIpc) is 2.92. The van der Waals surface area contributed by atoms with Crippen LogP contribution in [-0.2, 0) is 26.2 Å². The van der Waals surface area contributed by atoms with Gasteiger partial charge in [-0.1, -0.05) is 66.6 Å². The second kappa shape index (κ2) is 13.1. The minimum absolute atomic E-state index is 0.0191. The van der Waals surface area contributed by atoms with Crippen molar-refractivity contribution in [3.8, 4) is 0 Å². The summed E-state index contributed by atoms with van der Waals surface area (Å²) in [6.45, 7) is 6.79. The van der Waals surface area contributed by atoms with Crippen molar-refractivity contribution in [2.24, 2.45) is 0 Å². The molecule has 0 saturated heterocycles. The quantitative estimate of drug-likeness (QED) is 0.337. The Labute approximate surface area is 234 Å². The highest BCUT2D eigenvalue weighted by Crippen LogP contribution is 2.28. The van der Waals surface area contributed by atoms with Crippen LogP contribution in [0.1, 0.15) is 38.3 Å². The van der Waals surface area contributed by atoms with E-state index in [-0.39, 0.29) is 34.1 Å². The number of aryl methyl sites for hydroxylation is 1. The molecule has 0 bridgehead atoms. The third kappa shape index (κ3) is 7.58. The van der Waals surface area contributed by atoms with Crippen LogP contribution in [0.15, 0.2) is 77.7 Å². The normalized spacial score (nSPS) is 12.9. The van der Waals surface area contributed by atoms with Crippen LogP contribution >= 0.6 is 11.6 Å². The van der Waals surface area contributed by atoms with Crippen LogP contribution in [0.5, 0.6) is 0 Å². The third-order valence-electron chi connectivity index (χ3n) is 6.44. The number of nitrogens with zero attached hydrogens (tertiary/aromatic N) is 2. The Morgan fingerprint density at radius 2 is 1.64 bits per heavy atom. The van der Waals surface area contributed by atoms with Gasteiger partial charge in [0.05, 0.1) is 15.6 Å². The molecular formula is C29H33ClFN3O4S. The smallest absolute Gasteiger partial charge is 0.264 e. The molecule has 0 radical (unpaired) electrons. The molecule has 0 aromatic heterocycles. The van der Waals surface area contributed by atoms with Crippen molar-refractivity contribution >= 4 is 39.1 Å². The van der Waals surface area contributed by atoms with Gasteiger partial charge < -0.3 is 10.2 Å². The maximum Gasteiger partial charge on any atom is 0.264 e. The van der Waals surface area contributed by atoms with Crippen molar-refractivity contribution in [3.05, 3.63) is 94.8 Å². The molecular weight excluding hydrogens is 541 g/mol. The molecule has 1 N–H and O–H groups in total. The fourth-order valence-corrected chi connectivity index (χ4v) is 5.43. The van der Waals surface area contributed by atoms with Gasteiger partial charge in [-0.3, -0.25) is 13.9 Å². The van der Waals surface area contributed by atoms with Crippen molar-refractivity contribution in [1.82, 2.24) is 10.2 Å². The molecule has 3 aromatic rings. The molecule has 0 spiro atoms. The number of hydrogen-bond donors (Lipinski definition) is 1. The Morgan fingerprint density at radius 3 is 2.23 bits per heavy atom. The zero-order valence-corrected chi connectivity index (χ0v) is 24.0. The number of nitrogens with one attached hydrogen (secondary N) is 1. The summed E-state index contributed by atoms with van der Waals surface area (Å²) < 4.78 is 42.3. The summed E-state index contributed by atoms with van der Waals surface area (Å²) in [5.74, 6) is -1.69. The highest BCUT2D eigenvalue weighted by atomic mass is 35.5. The summed E-state index contributed by atoms with van der Waals surface area (Å²) in [7, 11) is -4.26. The minimum Gasteiger partial charge on any atom is -0.352 e. The first-order valence-corrected chi connectivity index (χ1v) is 14.4. The zero-order valence-electron chi connectivity index (χ0n) is 22.4. The average molecular weight is 574 g/mol. The van der Waals surface area contributed by atoms with Crippen LogP contribution < -0.4 is 9.62 Å². The summed E-state index contributed by atoms with van der Waals surface area (Å²) in [5.41, 5.74) is 1.83. The molecule has 0 fully saturated rings. The van der Waals surface area contributed by atoms with E-state index in [0.717, 1.165) is 27.6 Å². The van der Waals surface area contributed by atoms with Gasteiger partial charge in [-0.15, -0.1) is 0 Å². The predicted molar refractivity (Wildman–Crippen MR) is 151 cm³/mol. The molecule has 39 heavy (non-hydrogen) atoms. The van der Waals surface area contributed by atoms with Gasteiger partial charge in [-0.25, -0.2) is 12.8 Å². The van der Waals surface area contributed by atoms with Gasteiger partial charge in [0.1, 0.15) is 18.4 Å². The molecule has 0 saturated carbocycles. The Morgan fingerprint density at radius 1 is 1.00 bits per heavy atom. The van der Waals surface area contributed by atoms with Gasteiger partial charge in [0.2, 0.25) is 11.8 Å². The summed E-state index contributed by atoms with van der Waals surface area (Å²) in [4.78, 5) is 28.2. The third-order valence-corrected chi connectivity index (χ3v) is 8.52. The number of carbonyl (C=O) groups excluding carboxylic acids is 2. The monoisotopic (exact) mass is 573 g/mol. The number of amides is 2. The van der Waals surface area contributed by atoms with E-state index >= 15 is 0 Å². The molecule has 0 aliphatic rings. The molecule has 2 amide bonds. The lowest BCUT2D eigenvalue weighted by atomic mass is 10.1. The Hall–Kier alpha value is -3.43. The van der Waals surface area contributed by atoms with Crippen LogP contribution in [0.3, 0.4) is 0 Å². The summed E-state index contributed by atoms with van der Waals surface area (Å²) in [6, 6.07) is 17.6. The van der Waals surface area contributed by atoms with Crippen molar-refractivity contribution < 1.29 is 22.4 Å². The van der Waals surface area contributed by atoms with Crippen molar-refractivity contribution in [2.45, 2.75) is 57.6 Å². The number of rotatable bonds is 11.